The summed E-state index contributed by atoms with van der Waals surface area (Å²) in [6, 6.07) is 6.83. The van der Waals surface area contributed by atoms with E-state index >= 15 is 4.39 Å². The molecule has 0 bridgehead atoms. The number of rotatable bonds is 9. The second kappa shape index (κ2) is 11.6. The fourth-order valence-electron chi connectivity index (χ4n) is 5.34. The first kappa shape index (κ1) is 29.9. The monoisotopic (exact) mass is 597 g/mol. The molecule has 1 atom stereocenters. The molecule has 3 aromatic heterocycles. The number of hydrogen-bond donors (Lipinski definition) is 3. The molecule has 1 aromatic carbocycles. The van der Waals surface area contributed by atoms with Crippen molar-refractivity contribution in [2.24, 2.45) is 0 Å². The lowest BCUT2D eigenvalue weighted by Crippen LogP contribution is -2.37. The summed E-state index contributed by atoms with van der Waals surface area (Å²) in [4.78, 5) is 20.0. The summed E-state index contributed by atoms with van der Waals surface area (Å²) in [5.74, 6) is 0.528. The van der Waals surface area contributed by atoms with Gasteiger partial charge in [0.25, 0.3) is 0 Å². The van der Waals surface area contributed by atoms with Gasteiger partial charge >= 0.3 is 0 Å². The van der Waals surface area contributed by atoms with Gasteiger partial charge in [0.1, 0.15) is 22.9 Å². The molecule has 0 saturated carbocycles. The van der Waals surface area contributed by atoms with Gasteiger partial charge in [-0.1, -0.05) is 6.07 Å². The fourth-order valence-corrected chi connectivity index (χ4v) is 5.88. The zero-order chi connectivity index (χ0) is 30.2. The lowest BCUT2D eigenvalue weighted by Gasteiger charge is -2.28. The average Bonchev–Trinajstić information content (AvgIpc) is 3.26. The van der Waals surface area contributed by atoms with Crippen LogP contribution in [0, 0.1) is 23.3 Å². The van der Waals surface area contributed by atoms with Crippen molar-refractivity contribution in [1.29, 1.82) is 4.78 Å². The Kier molecular flexibility index (Phi) is 8.28. The van der Waals surface area contributed by atoms with Gasteiger partial charge in [0.05, 0.1) is 11.7 Å². The van der Waals surface area contributed by atoms with Gasteiger partial charge < -0.3 is 15.2 Å². The van der Waals surface area contributed by atoms with Gasteiger partial charge in [0.15, 0.2) is 11.6 Å². The van der Waals surface area contributed by atoms with Gasteiger partial charge in [0, 0.05) is 77.7 Å². The molecule has 0 aliphatic carbocycles. The Morgan fingerprint density at radius 3 is 2.62 bits per heavy atom. The Bertz CT molecular complexity index is 1730. The van der Waals surface area contributed by atoms with Crippen LogP contribution in [0.25, 0.3) is 22.3 Å². The number of aryl methyl sites for hydroxylation is 1. The number of fused-ring (bicyclic) bond motifs is 2. The van der Waals surface area contributed by atoms with Crippen LogP contribution in [-0.4, -0.2) is 71.8 Å². The average molecular weight is 598 g/mol. The highest BCUT2D eigenvalue weighted by molar-refractivity contribution is 7.91. The summed E-state index contributed by atoms with van der Waals surface area (Å²) in [5.41, 5.74) is 2.85. The molecule has 0 spiro atoms. The van der Waals surface area contributed by atoms with Crippen LogP contribution in [0.2, 0.25) is 0 Å². The Labute approximate surface area is 245 Å². The molecule has 42 heavy (non-hydrogen) atoms. The number of benzene rings is 1. The van der Waals surface area contributed by atoms with E-state index in [0.717, 1.165) is 50.1 Å². The van der Waals surface area contributed by atoms with E-state index in [1.807, 2.05) is 44.4 Å². The highest BCUT2D eigenvalue weighted by atomic mass is 32.2. The maximum Gasteiger partial charge on any atom is 0.229 e. The van der Waals surface area contributed by atoms with Crippen LogP contribution in [0.4, 0.5) is 20.5 Å². The first-order chi connectivity index (χ1) is 19.8. The fraction of sp³-hybridized carbons (Fsp3) is 0.448. The van der Waals surface area contributed by atoms with Crippen LogP contribution in [0.15, 0.2) is 30.5 Å². The predicted molar refractivity (Wildman–Crippen MR) is 161 cm³/mol. The third kappa shape index (κ3) is 6.74. The molecular formula is C29H37F2N9OS. The molecule has 0 radical (unpaired) electrons. The summed E-state index contributed by atoms with van der Waals surface area (Å²) in [6.07, 6.45) is 3.31. The second-order valence-electron chi connectivity index (χ2n) is 11.8. The molecule has 3 N–H and O–H groups in total. The Hall–Kier alpha value is -3.55. The van der Waals surface area contributed by atoms with Crippen molar-refractivity contribution in [3.63, 3.8) is 0 Å². The summed E-state index contributed by atoms with van der Waals surface area (Å²) < 4.78 is 51.0. The zero-order valence-electron chi connectivity index (χ0n) is 24.6. The van der Waals surface area contributed by atoms with E-state index in [2.05, 4.69) is 30.5 Å². The second-order valence-corrected chi connectivity index (χ2v) is 14.2. The Morgan fingerprint density at radius 2 is 1.88 bits per heavy atom. The number of imidazole rings is 1. The topological polar surface area (TPSA) is 125 Å². The van der Waals surface area contributed by atoms with Crippen LogP contribution in [0.5, 0.6) is 0 Å². The number of nitrogens with zero attached hydrogens (tertiary/aromatic N) is 6. The van der Waals surface area contributed by atoms with Crippen molar-refractivity contribution in [3.8, 4) is 11.3 Å². The van der Waals surface area contributed by atoms with Crippen LogP contribution < -0.4 is 10.6 Å². The van der Waals surface area contributed by atoms with Crippen LogP contribution in [0.1, 0.15) is 37.9 Å². The standard InChI is InChI=1S/C29H37F2N9OS/c1-18-35-27-21(30)14-20(15-24(27)40(18)29(2,3)4)26-22(31)16-34-28(38-26)37-25-7-6-19-17-39(11-8-23(19)36-25)12-9-33-10-13-42(5,32)41/h6-7,14-16,32-33H,8-13,17H2,1-5H3,(H,34,36,37,38). The third-order valence-electron chi connectivity index (χ3n) is 7.21. The molecule has 4 aromatic rings. The van der Waals surface area contributed by atoms with Crippen molar-refractivity contribution < 1.29 is 13.0 Å². The number of hydrogen-bond acceptors (Lipinski definition) is 9. The molecule has 0 fully saturated rings. The van der Waals surface area contributed by atoms with Gasteiger partial charge in [-0.05, 0) is 51.5 Å². The van der Waals surface area contributed by atoms with Gasteiger partial charge in [-0.15, -0.1) is 0 Å². The van der Waals surface area contributed by atoms with Gasteiger partial charge in [-0.2, -0.15) is 0 Å². The summed E-state index contributed by atoms with van der Waals surface area (Å²) in [5, 5.41) is 6.34. The first-order valence-corrected chi connectivity index (χ1v) is 16.0. The van der Waals surface area contributed by atoms with Crippen molar-refractivity contribution in [2.75, 3.05) is 43.5 Å². The molecular weight excluding hydrogens is 560 g/mol. The predicted octanol–water partition coefficient (Wildman–Crippen LogP) is 4.60. The van der Waals surface area contributed by atoms with Crippen molar-refractivity contribution >= 4 is 32.5 Å². The van der Waals surface area contributed by atoms with E-state index in [4.69, 9.17) is 9.76 Å². The Morgan fingerprint density at radius 1 is 1.10 bits per heavy atom. The number of nitrogens with one attached hydrogen (secondary N) is 3. The van der Waals surface area contributed by atoms with Crippen molar-refractivity contribution in [1.82, 2.24) is 34.7 Å². The molecule has 0 saturated heterocycles. The summed E-state index contributed by atoms with van der Waals surface area (Å²) in [6.45, 7) is 11.6. The highest BCUT2D eigenvalue weighted by Crippen LogP contribution is 2.32. The van der Waals surface area contributed by atoms with Crippen LogP contribution >= 0.6 is 0 Å². The molecule has 13 heteroatoms. The van der Waals surface area contributed by atoms with E-state index in [1.54, 1.807) is 6.07 Å². The summed E-state index contributed by atoms with van der Waals surface area (Å²) in [7, 11) is -2.47. The van der Waals surface area contributed by atoms with Crippen LogP contribution in [-0.2, 0) is 28.2 Å². The van der Waals surface area contributed by atoms with Gasteiger partial charge in [-0.25, -0.2) is 28.7 Å². The number of halogens is 2. The molecule has 10 nitrogen and oxygen atoms in total. The smallest absolute Gasteiger partial charge is 0.229 e. The van der Waals surface area contributed by atoms with E-state index in [9.17, 15) is 8.60 Å². The number of pyridine rings is 1. The maximum absolute atomic E-state index is 15.1. The minimum Gasteiger partial charge on any atom is -0.323 e. The van der Waals surface area contributed by atoms with Crippen molar-refractivity contribution in [2.45, 2.75) is 46.2 Å². The minimum atomic E-state index is -2.47. The van der Waals surface area contributed by atoms with E-state index in [1.165, 1.54) is 12.3 Å². The Balaban J connectivity index is 1.30. The number of anilines is 2. The minimum absolute atomic E-state index is 0.0150. The quantitative estimate of drug-likeness (QED) is 0.239. The SMILES string of the molecule is Cc1nc2c(F)cc(-c3nc(Nc4ccc5c(n4)CCN(CCNCCS(C)(=N)=O)C5)ncc3F)cc2n1C(C)(C)C. The van der Waals surface area contributed by atoms with Gasteiger partial charge in [-0.3, -0.25) is 13.9 Å². The molecule has 1 aliphatic rings. The van der Waals surface area contributed by atoms with Gasteiger partial charge in [0.2, 0.25) is 5.95 Å². The molecule has 1 aliphatic heterocycles. The molecule has 5 rings (SSSR count). The van der Waals surface area contributed by atoms with E-state index < -0.39 is 21.4 Å². The van der Waals surface area contributed by atoms with E-state index in [-0.39, 0.29) is 22.7 Å². The highest BCUT2D eigenvalue weighted by Gasteiger charge is 2.23. The van der Waals surface area contributed by atoms with E-state index in [0.29, 0.717) is 35.0 Å². The first-order valence-electron chi connectivity index (χ1n) is 13.9. The summed E-state index contributed by atoms with van der Waals surface area (Å²) >= 11 is 0. The lowest BCUT2D eigenvalue weighted by atomic mass is 10.1. The molecule has 0 amide bonds. The number of aromatic nitrogens is 5. The largest absolute Gasteiger partial charge is 0.323 e. The molecule has 1 unspecified atom stereocenters. The van der Waals surface area contributed by atoms with Crippen LogP contribution in [0.3, 0.4) is 0 Å². The molecule has 4 heterocycles. The lowest BCUT2D eigenvalue weighted by molar-refractivity contribution is 0.252. The van der Waals surface area contributed by atoms with Crippen molar-refractivity contribution in [3.05, 3.63) is 59.2 Å². The molecule has 224 valence electrons. The zero-order valence-corrected chi connectivity index (χ0v) is 25.4. The maximum atomic E-state index is 15.1. The third-order valence-corrected chi connectivity index (χ3v) is 8.19. The normalized spacial score (nSPS) is 15.5.